The predicted octanol–water partition coefficient (Wildman–Crippen LogP) is 1.48. The molecule has 1 atom stereocenters. The Balaban J connectivity index is 3.30. The molecular weight excluding hydrogens is 269 g/mol. The molecule has 1 aliphatic carbocycles. The van der Waals surface area contributed by atoms with Gasteiger partial charge in [-0.2, -0.15) is 21.6 Å². The Morgan fingerprint density at radius 3 is 2.25 bits per heavy atom. The number of allylic oxidation sites excluding steroid dienone is 4. The van der Waals surface area contributed by atoms with Gasteiger partial charge in [-0.1, -0.05) is 6.08 Å². The van der Waals surface area contributed by atoms with Gasteiger partial charge < -0.3 is 0 Å². The van der Waals surface area contributed by atoms with Crippen molar-refractivity contribution in [1.29, 1.82) is 0 Å². The Morgan fingerprint density at radius 2 is 1.88 bits per heavy atom. The maximum absolute atomic E-state index is 12.3. The molecule has 0 fully saturated rings. The molecule has 0 aromatic heterocycles. The molecule has 1 unspecified atom stereocenters. The van der Waals surface area contributed by atoms with Crippen molar-refractivity contribution in [2.24, 2.45) is 5.92 Å². The van der Waals surface area contributed by atoms with E-state index >= 15 is 0 Å². The van der Waals surface area contributed by atoms with Gasteiger partial charge in [0.25, 0.3) is 0 Å². The molecule has 8 heteroatoms. The second-order valence-corrected chi connectivity index (χ2v) is 4.19. The van der Waals surface area contributed by atoms with Crippen LogP contribution in [-0.4, -0.2) is 24.7 Å². The summed E-state index contributed by atoms with van der Waals surface area (Å²) in [6, 6.07) is 0. The van der Waals surface area contributed by atoms with Gasteiger partial charge in [0.1, 0.15) is 0 Å². The van der Waals surface area contributed by atoms with Crippen LogP contribution in [0.1, 0.15) is 0 Å². The number of hydrogen-bond acceptors (Lipinski definition) is 3. The van der Waals surface area contributed by atoms with Crippen molar-refractivity contribution in [3.63, 3.8) is 0 Å². The minimum absolute atomic E-state index is 0.479. The van der Waals surface area contributed by atoms with Crippen LogP contribution < -0.4 is 0 Å². The van der Waals surface area contributed by atoms with E-state index < -0.39 is 38.1 Å². The zero-order valence-electron chi connectivity index (χ0n) is 7.45. The third-order valence-corrected chi connectivity index (χ3v) is 2.85. The van der Waals surface area contributed by atoms with Crippen molar-refractivity contribution in [2.75, 3.05) is 0 Å². The van der Waals surface area contributed by atoms with Crippen LogP contribution in [0.25, 0.3) is 0 Å². The molecule has 88 valence electrons. The van der Waals surface area contributed by atoms with E-state index in [1.165, 1.54) is 0 Å². The smallest absolute Gasteiger partial charge is 0.280 e. The Labute approximate surface area is 94.7 Å². The fourth-order valence-electron chi connectivity index (χ4n) is 1.12. The van der Waals surface area contributed by atoms with Gasteiger partial charge in [-0.05, 0) is 23.8 Å². The second-order valence-electron chi connectivity index (χ2n) is 2.87. The number of hydrogen-bond donors (Lipinski definition) is 0. The molecule has 0 aromatic carbocycles. The van der Waals surface area contributed by atoms with E-state index in [1.54, 1.807) is 0 Å². The van der Waals surface area contributed by atoms with Crippen molar-refractivity contribution >= 4 is 32.0 Å². The van der Waals surface area contributed by atoms with Gasteiger partial charge in [0, 0.05) is 0 Å². The van der Waals surface area contributed by atoms with Crippen LogP contribution >= 0.6 is 11.6 Å². The van der Waals surface area contributed by atoms with Gasteiger partial charge in [0.2, 0.25) is 15.5 Å². The Hall–Kier alpha value is -1.08. The first-order chi connectivity index (χ1) is 7.23. The zero-order chi connectivity index (χ0) is 12.5. The molecule has 0 amide bonds. The van der Waals surface area contributed by atoms with Crippen molar-refractivity contribution in [2.45, 2.75) is 6.18 Å². The number of rotatable bonds is 1. The summed E-state index contributed by atoms with van der Waals surface area (Å²) < 4.78 is 58.0. The largest absolute Gasteiger partial charge is 0.416 e. The molecule has 0 aromatic rings. The summed E-state index contributed by atoms with van der Waals surface area (Å²) >= 11 is 5.03. The number of halogens is 4. The molecule has 16 heavy (non-hydrogen) atoms. The molecular formula is C8H4ClF3O3S. The first kappa shape index (κ1) is 13.0. The van der Waals surface area contributed by atoms with Crippen LogP contribution in [0.3, 0.4) is 0 Å². The van der Waals surface area contributed by atoms with Crippen LogP contribution in [0.5, 0.6) is 0 Å². The lowest BCUT2D eigenvalue weighted by Crippen LogP contribution is -2.24. The lowest BCUT2D eigenvalue weighted by molar-refractivity contribution is -0.112. The average Bonchev–Trinajstić information content (AvgIpc) is 2.15. The molecule has 0 saturated carbocycles. The lowest BCUT2D eigenvalue weighted by atomic mass is 9.97. The highest BCUT2D eigenvalue weighted by atomic mass is 35.5. The predicted molar refractivity (Wildman–Crippen MR) is 51.6 cm³/mol. The standard InChI is InChI=1S/C8H4ClF3O3S/c9-7(13)5-3-4(8(10,11)12)1-2-6(5)16(14)15/h1-3,5H. The van der Waals surface area contributed by atoms with E-state index in [0.717, 1.165) is 6.08 Å². The highest BCUT2D eigenvalue weighted by Crippen LogP contribution is 2.30. The lowest BCUT2D eigenvalue weighted by Gasteiger charge is -2.15. The Kier molecular flexibility index (Phi) is 3.59. The van der Waals surface area contributed by atoms with E-state index in [0.29, 0.717) is 12.2 Å². The number of carbonyl (C=O) groups is 1. The van der Waals surface area contributed by atoms with Gasteiger partial charge in [-0.3, -0.25) is 4.79 Å². The third kappa shape index (κ3) is 2.73. The second kappa shape index (κ2) is 4.42. The van der Waals surface area contributed by atoms with Crippen molar-refractivity contribution < 1.29 is 26.4 Å². The maximum atomic E-state index is 12.3. The van der Waals surface area contributed by atoms with Crippen LogP contribution in [0.15, 0.2) is 23.8 Å². The van der Waals surface area contributed by atoms with Gasteiger partial charge >= 0.3 is 6.18 Å². The normalized spacial score (nSPS) is 20.6. The number of carbonyl (C=O) groups excluding carboxylic acids is 1. The first-order valence-corrected chi connectivity index (χ1v) is 5.31. The average molecular weight is 273 g/mol. The van der Waals surface area contributed by atoms with Gasteiger partial charge in [0.05, 0.1) is 16.4 Å². The van der Waals surface area contributed by atoms with E-state index in [9.17, 15) is 26.4 Å². The molecule has 0 radical (unpaired) electrons. The van der Waals surface area contributed by atoms with Gasteiger partial charge in [0.15, 0.2) is 0 Å². The monoisotopic (exact) mass is 272 g/mol. The summed E-state index contributed by atoms with van der Waals surface area (Å²) in [5.74, 6) is -1.58. The summed E-state index contributed by atoms with van der Waals surface area (Å²) in [6.45, 7) is 0. The van der Waals surface area contributed by atoms with E-state index in [-0.39, 0.29) is 0 Å². The maximum Gasteiger partial charge on any atom is 0.416 e. The summed E-state index contributed by atoms with van der Waals surface area (Å²) in [5, 5.41) is -1.18. The zero-order valence-corrected chi connectivity index (χ0v) is 9.03. The Bertz CT molecular complexity index is 505. The van der Waals surface area contributed by atoms with Crippen LogP contribution in [0, 0.1) is 5.92 Å². The molecule has 0 saturated heterocycles. The molecule has 0 heterocycles. The molecule has 0 spiro atoms. The Morgan fingerprint density at radius 1 is 1.31 bits per heavy atom. The van der Waals surface area contributed by atoms with Crippen molar-refractivity contribution in [1.82, 2.24) is 0 Å². The van der Waals surface area contributed by atoms with Crippen LogP contribution in [0.2, 0.25) is 0 Å². The molecule has 1 rings (SSSR count). The summed E-state index contributed by atoms with van der Waals surface area (Å²) in [4.78, 5) is 10.3. The molecule has 1 aliphatic rings. The van der Waals surface area contributed by atoms with Crippen molar-refractivity contribution in [3.05, 3.63) is 23.8 Å². The van der Waals surface area contributed by atoms with E-state index in [4.69, 9.17) is 11.6 Å². The molecule has 0 N–H and O–H groups in total. The van der Waals surface area contributed by atoms with Gasteiger partial charge in [-0.25, -0.2) is 0 Å². The minimum Gasteiger partial charge on any atom is -0.280 e. The van der Waals surface area contributed by atoms with Gasteiger partial charge in [-0.15, -0.1) is 0 Å². The quantitative estimate of drug-likeness (QED) is 0.537. The third-order valence-electron chi connectivity index (χ3n) is 1.84. The summed E-state index contributed by atoms with van der Waals surface area (Å²) in [6.07, 6.45) is -2.85. The number of alkyl halides is 3. The fraction of sp³-hybridized carbons (Fsp3) is 0.250. The van der Waals surface area contributed by atoms with E-state index in [2.05, 4.69) is 0 Å². The highest BCUT2D eigenvalue weighted by Gasteiger charge is 2.36. The minimum atomic E-state index is -4.64. The molecule has 3 nitrogen and oxygen atoms in total. The molecule has 0 aliphatic heterocycles. The van der Waals surface area contributed by atoms with Crippen LogP contribution in [0.4, 0.5) is 13.2 Å². The van der Waals surface area contributed by atoms with Crippen molar-refractivity contribution in [3.8, 4) is 0 Å². The fourth-order valence-corrected chi connectivity index (χ4v) is 1.93. The summed E-state index contributed by atoms with van der Waals surface area (Å²) in [5.41, 5.74) is -1.10. The highest BCUT2D eigenvalue weighted by molar-refractivity contribution is 7.73. The van der Waals surface area contributed by atoms with Crippen LogP contribution in [-0.2, 0) is 15.1 Å². The first-order valence-electron chi connectivity index (χ1n) is 3.86. The molecule has 0 bridgehead atoms. The summed E-state index contributed by atoms with van der Waals surface area (Å²) in [7, 11) is -2.78. The van der Waals surface area contributed by atoms with E-state index in [1.807, 2.05) is 0 Å². The topological polar surface area (TPSA) is 51.2 Å². The SMILES string of the molecule is O=C(Cl)C1C=C(C(F)(F)F)C=CC1=S(=O)=O.